The Morgan fingerprint density at radius 2 is 1.77 bits per heavy atom. The average Bonchev–Trinajstić information content (AvgIpc) is 2.64. The Labute approximate surface area is 159 Å². The maximum atomic E-state index is 12.1. The second-order valence-electron chi connectivity index (χ2n) is 7.34. The molecule has 1 amide bonds. The summed E-state index contributed by atoms with van der Waals surface area (Å²) in [6.07, 6.45) is 6.90. The Bertz CT molecular complexity index is 407. The van der Waals surface area contributed by atoms with E-state index in [1.165, 1.54) is 19.3 Å². The number of nitrogens with zero attached hydrogens (tertiary/aromatic N) is 1. The van der Waals surface area contributed by atoms with E-state index in [-0.39, 0.29) is 17.9 Å². The molecule has 1 rings (SSSR count). The summed E-state index contributed by atoms with van der Waals surface area (Å²) in [5, 5.41) is 9.60. The molecule has 0 bridgehead atoms. The molecule has 1 aliphatic carbocycles. The van der Waals surface area contributed by atoms with Crippen molar-refractivity contribution in [2.24, 2.45) is 16.8 Å². The standard InChI is InChI=1S/C20H40N4O2/c1-5-21-20(23-13-12-18(16(3)4)26-6-2)24-15-14-22-19(25)17-10-8-7-9-11-17/h16-18H,5-15H2,1-4H3,(H,22,25)(H2,21,23,24). The molecule has 1 aliphatic rings. The highest BCUT2D eigenvalue weighted by molar-refractivity contribution is 5.80. The zero-order valence-electron chi connectivity index (χ0n) is 17.3. The van der Waals surface area contributed by atoms with E-state index in [0.717, 1.165) is 44.9 Å². The Balaban J connectivity index is 2.29. The first-order valence-corrected chi connectivity index (χ1v) is 10.5. The number of hydrogen-bond donors (Lipinski definition) is 3. The molecule has 6 heteroatoms. The molecular formula is C20H40N4O2. The van der Waals surface area contributed by atoms with Gasteiger partial charge in [-0.05, 0) is 39.0 Å². The summed E-state index contributed by atoms with van der Waals surface area (Å²) < 4.78 is 5.77. The fourth-order valence-corrected chi connectivity index (χ4v) is 3.34. The van der Waals surface area contributed by atoms with Crippen molar-refractivity contribution in [2.45, 2.75) is 72.3 Å². The van der Waals surface area contributed by atoms with Crippen molar-refractivity contribution in [3.63, 3.8) is 0 Å². The third-order valence-corrected chi connectivity index (χ3v) is 4.84. The highest BCUT2D eigenvalue weighted by Crippen LogP contribution is 2.23. The van der Waals surface area contributed by atoms with Gasteiger partial charge in [0.2, 0.25) is 5.91 Å². The van der Waals surface area contributed by atoms with Crippen LogP contribution in [0.5, 0.6) is 0 Å². The molecule has 0 spiro atoms. The van der Waals surface area contributed by atoms with Gasteiger partial charge in [-0.25, -0.2) is 0 Å². The van der Waals surface area contributed by atoms with Crippen LogP contribution in [0.3, 0.4) is 0 Å². The minimum atomic E-state index is 0.213. The smallest absolute Gasteiger partial charge is 0.223 e. The van der Waals surface area contributed by atoms with Crippen LogP contribution in [0.4, 0.5) is 0 Å². The maximum absolute atomic E-state index is 12.1. The van der Waals surface area contributed by atoms with Crippen molar-refractivity contribution in [2.75, 3.05) is 32.8 Å². The van der Waals surface area contributed by atoms with Gasteiger partial charge in [0, 0.05) is 38.7 Å². The molecule has 0 saturated heterocycles. The van der Waals surface area contributed by atoms with E-state index in [2.05, 4.69) is 41.7 Å². The van der Waals surface area contributed by atoms with Gasteiger partial charge >= 0.3 is 0 Å². The van der Waals surface area contributed by atoms with Gasteiger partial charge < -0.3 is 20.7 Å². The molecule has 0 heterocycles. The molecule has 1 fully saturated rings. The second kappa shape index (κ2) is 13.8. The lowest BCUT2D eigenvalue weighted by molar-refractivity contribution is -0.125. The largest absolute Gasteiger partial charge is 0.378 e. The van der Waals surface area contributed by atoms with Crippen LogP contribution in [0.15, 0.2) is 4.99 Å². The molecule has 1 saturated carbocycles. The minimum Gasteiger partial charge on any atom is -0.378 e. The Morgan fingerprint density at radius 3 is 2.38 bits per heavy atom. The number of guanidine groups is 1. The number of amides is 1. The molecule has 152 valence electrons. The van der Waals surface area contributed by atoms with Crippen LogP contribution in [0.25, 0.3) is 0 Å². The average molecular weight is 369 g/mol. The first-order valence-electron chi connectivity index (χ1n) is 10.5. The molecule has 0 aliphatic heterocycles. The number of rotatable bonds is 11. The van der Waals surface area contributed by atoms with Gasteiger partial charge in [0.25, 0.3) is 0 Å². The van der Waals surface area contributed by atoms with Gasteiger partial charge in [0.05, 0.1) is 6.10 Å². The lowest BCUT2D eigenvalue weighted by atomic mass is 9.89. The number of carbonyl (C=O) groups is 1. The van der Waals surface area contributed by atoms with Gasteiger partial charge in [-0.3, -0.25) is 9.79 Å². The van der Waals surface area contributed by atoms with Crippen LogP contribution in [0.2, 0.25) is 0 Å². The van der Waals surface area contributed by atoms with Gasteiger partial charge in [-0.2, -0.15) is 0 Å². The van der Waals surface area contributed by atoms with E-state index in [4.69, 9.17) is 4.74 Å². The van der Waals surface area contributed by atoms with Crippen LogP contribution < -0.4 is 16.0 Å². The Hall–Kier alpha value is -1.30. The maximum Gasteiger partial charge on any atom is 0.223 e. The number of aliphatic imine (C=N–C) groups is 1. The molecule has 26 heavy (non-hydrogen) atoms. The highest BCUT2D eigenvalue weighted by atomic mass is 16.5. The highest BCUT2D eigenvalue weighted by Gasteiger charge is 2.20. The number of nitrogens with one attached hydrogen (secondary N) is 3. The molecule has 0 aromatic heterocycles. The predicted octanol–water partition coefficient (Wildman–Crippen LogP) is 2.69. The van der Waals surface area contributed by atoms with E-state index in [0.29, 0.717) is 19.0 Å². The molecule has 1 atom stereocenters. The summed E-state index contributed by atoms with van der Waals surface area (Å²) in [7, 11) is 0. The van der Waals surface area contributed by atoms with Gasteiger partial charge in [0.15, 0.2) is 5.96 Å². The monoisotopic (exact) mass is 368 g/mol. The molecule has 6 nitrogen and oxygen atoms in total. The van der Waals surface area contributed by atoms with Crippen LogP contribution >= 0.6 is 0 Å². The summed E-state index contributed by atoms with van der Waals surface area (Å²) in [5.74, 6) is 1.73. The third kappa shape index (κ3) is 9.41. The first-order chi connectivity index (χ1) is 12.6. The Morgan fingerprint density at radius 1 is 1.08 bits per heavy atom. The minimum absolute atomic E-state index is 0.213. The van der Waals surface area contributed by atoms with Crippen molar-refractivity contribution < 1.29 is 9.53 Å². The zero-order chi connectivity index (χ0) is 19.2. The van der Waals surface area contributed by atoms with Crippen LogP contribution in [0.1, 0.15) is 66.2 Å². The van der Waals surface area contributed by atoms with Crippen molar-refractivity contribution in [1.82, 2.24) is 16.0 Å². The number of ether oxygens (including phenoxy) is 1. The molecular weight excluding hydrogens is 328 g/mol. The summed E-state index contributed by atoms with van der Waals surface area (Å²) in [6, 6.07) is 0. The van der Waals surface area contributed by atoms with Crippen molar-refractivity contribution in [3.8, 4) is 0 Å². The van der Waals surface area contributed by atoms with Crippen molar-refractivity contribution >= 4 is 11.9 Å². The topological polar surface area (TPSA) is 74.8 Å². The van der Waals surface area contributed by atoms with E-state index >= 15 is 0 Å². The quantitative estimate of drug-likeness (QED) is 0.298. The fraction of sp³-hybridized carbons (Fsp3) is 0.900. The number of carbonyl (C=O) groups excluding carboxylic acids is 1. The normalized spacial score (nSPS) is 17.2. The SMILES string of the molecule is CCNC(=NCCC(OCC)C(C)C)NCCNC(=O)C1CCCCC1. The molecule has 0 aromatic rings. The van der Waals surface area contributed by atoms with E-state index in [9.17, 15) is 4.79 Å². The van der Waals surface area contributed by atoms with Gasteiger partial charge in [-0.1, -0.05) is 33.1 Å². The first kappa shape index (κ1) is 22.7. The summed E-state index contributed by atoms with van der Waals surface area (Å²) in [4.78, 5) is 16.8. The predicted molar refractivity (Wildman–Crippen MR) is 108 cm³/mol. The fourth-order valence-electron chi connectivity index (χ4n) is 3.34. The molecule has 0 aromatic carbocycles. The molecule has 1 unspecified atom stereocenters. The summed E-state index contributed by atoms with van der Waals surface area (Å²) in [5.41, 5.74) is 0. The lowest BCUT2D eigenvalue weighted by Crippen LogP contribution is -2.42. The third-order valence-electron chi connectivity index (χ3n) is 4.84. The van der Waals surface area contributed by atoms with E-state index in [1.807, 2.05) is 6.92 Å². The Kier molecular flexibility index (Phi) is 12.1. The second-order valence-corrected chi connectivity index (χ2v) is 7.34. The molecule has 0 radical (unpaired) electrons. The van der Waals surface area contributed by atoms with Crippen LogP contribution in [-0.4, -0.2) is 50.8 Å². The summed E-state index contributed by atoms with van der Waals surface area (Å²) >= 11 is 0. The van der Waals surface area contributed by atoms with Crippen LogP contribution in [0, 0.1) is 11.8 Å². The lowest BCUT2D eigenvalue weighted by Gasteiger charge is -2.21. The zero-order valence-corrected chi connectivity index (χ0v) is 17.3. The van der Waals surface area contributed by atoms with Gasteiger partial charge in [-0.15, -0.1) is 0 Å². The van der Waals surface area contributed by atoms with Gasteiger partial charge in [0.1, 0.15) is 0 Å². The molecule has 3 N–H and O–H groups in total. The van der Waals surface area contributed by atoms with Crippen LogP contribution in [-0.2, 0) is 9.53 Å². The van der Waals surface area contributed by atoms with Crippen molar-refractivity contribution in [1.29, 1.82) is 0 Å². The number of hydrogen-bond acceptors (Lipinski definition) is 3. The van der Waals surface area contributed by atoms with E-state index < -0.39 is 0 Å². The summed E-state index contributed by atoms with van der Waals surface area (Å²) in [6.45, 7) is 12.1. The van der Waals surface area contributed by atoms with Crippen molar-refractivity contribution in [3.05, 3.63) is 0 Å². The van der Waals surface area contributed by atoms with E-state index in [1.54, 1.807) is 0 Å².